The third kappa shape index (κ3) is 6.02. The van der Waals surface area contributed by atoms with Crippen LogP contribution in [0.2, 0.25) is 0 Å². The zero-order valence-corrected chi connectivity index (χ0v) is 19.3. The van der Waals surface area contributed by atoms with E-state index in [0.29, 0.717) is 40.2 Å². The van der Waals surface area contributed by atoms with E-state index in [1.54, 1.807) is 63.0 Å². The number of carboxylic acids is 1. The molecule has 4 aromatic rings. The highest BCUT2D eigenvalue weighted by Gasteiger charge is 2.23. The molecule has 0 radical (unpaired) electrons. The number of aromatic nitrogens is 3. The molecule has 35 heavy (non-hydrogen) atoms. The summed E-state index contributed by atoms with van der Waals surface area (Å²) in [7, 11) is 3.12. The molecule has 2 aromatic carbocycles. The summed E-state index contributed by atoms with van der Waals surface area (Å²) in [5, 5.41) is 16.4. The summed E-state index contributed by atoms with van der Waals surface area (Å²) in [4.78, 5) is 25.4. The first kappa shape index (κ1) is 23.5. The first-order chi connectivity index (χ1) is 17.1. The number of rotatable bonds is 10. The number of para-hydroxylation sites is 1. The van der Waals surface area contributed by atoms with Crippen LogP contribution in [0.1, 0.15) is 17.0 Å². The maximum absolute atomic E-state index is 12.2. The maximum atomic E-state index is 12.2. The second-order valence-corrected chi connectivity index (χ2v) is 7.64. The highest BCUT2D eigenvalue weighted by atomic mass is 16.5. The van der Waals surface area contributed by atoms with Gasteiger partial charge in [-0.1, -0.05) is 30.3 Å². The van der Waals surface area contributed by atoms with E-state index < -0.39 is 11.9 Å². The van der Waals surface area contributed by atoms with E-state index in [9.17, 15) is 9.90 Å². The molecule has 0 aliphatic carbocycles. The number of carboxylic acid groups (broad SMARTS) is 1. The molecule has 4 rings (SSSR count). The van der Waals surface area contributed by atoms with Gasteiger partial charge in [0.05, 0.1) is 32.0 Å². The van der Waals surface area contributed by atoms with E-state index in [2.05, 4.69) is 25.6 Å². The number of anilines is 4. The molecule has 3 N–H and O–H groups in total. The number of benzene rings is 2. The Hall–Kier alpha value is -4.66. The van der Waals surface area contributed by atoms with Gasteiger partial charge >= 0.3 is 5.97 Å². The van der Waals surface area contributed by atoms with Crippen molar-refractivity contribution in [3.8, 4) is 11.6 Å². The van der Waals surface area contributed by atoms with Gasteiger partial charge in [-0.25, -0.2) is 9.97 Å². The van der Waals surface area contributed by atoms with Crippen LogP contribution in [0, 0.1) is 0 Å². The minimum Gasteiger partial charge on any atom is -0.497 e. The van der Waals surface area contributed by atoms with Gasteiger partial charge in [-0.3, -0.25) is 4.79 Å². The van der Waals surface area contributed by atoms with Crippen molar-refractivity contribution in [2.45, 2.75) is 12.3 Å². The molecule has 0 aliphatic heterocycles. The van der Waals surface area contributed by atoms with E-state index in [4.69, 9.17) is 9.47 Å². The van der Waals surface area contributed by atoms with Crippen molar-refractivity contribution in [1.29, 1.82) is 0 Å². The van der Waals surface area contributed by atoms with Crippen LogP contribution in [0.15, 0.2) is 79.1 Å². The van der Waals surface area contributed by atoms with Crippen molar-refractivity contribution in [1.82, 2.24) is 15.0 Å². The highest BCUT2D eigenvalue weighted by molar-refractivity contribution is 5.77. The van der Waals surface area contributed by atoms with E-state index in [1.807, 2.05) is 30.3 Å². The van der Waals surface area contributed by atoms with Crippen LogP contribution in [-0.2, 0) is 11.2 Å². The Morgan fingerprint density at radius 2 is 1.66 bits per heavy atom. The van der Waals surface area contributed by atoms with Crippen LogP contribution in [-0.4, -0.2) is 40.2 Å². The van der Waals surface area contributed by atoms with Crippen LogP contribution < -0.4 is 20.1 Å². The number of methoxy groups -OCH3 is 2. The fourth-order valence-electron chi connectivity index (χ4n) is 3.49. The average molecular weight is 472 g/mol. The van der Waals surface area contributed by atoms with Crippen molar-refractivity contribution >= 4 is 29.1 Å². The monoisotopic (exact) mass is 471 g/mol. The summed E-state index contributed by atoms with van der Waals surface area (Å²) in [6, 6.07) is 20.1. The van der Waals surface area contributed by atoms with Crippen molar-refractivity contribution in [2.24, 2.45) is 0 Å². The summed E-state index contributed by atoms with van der Waals surface area (Å²) in [6.45, 7) is 0. The van der Waals surface area contributed by atoms with Crippen LogP contribution in [0.3, 0.4) is 0 Å². The Kier molecular flexibility index (Phi) is 7.37. The van der Waals surface area contributed by atoms with Crippen LogP contribution in [0.5, 0.6) is 11.6 Å². The summed E-state index contributed by atoms with van der Waals surface area (Å²) >= 11 is 0. The molecule has 1 atom stereocenters. The lowest BCUT2D eigenvalue weighted by atomic mass is 9.92. The average Bonchev–Trinajstić information content (AvgIpc) is 2.89. The third-order valence-corrected chi connectivity index (χ3v) is 5.34. The first-order valence-corrected chi connectivity index (χ1v) is 10.9. The standard InChI is InChI=1S/C26H25N5O4/c1-34-21-11-8-17(9-12-21)22(25(32)33)14-18-15-28-26(30-20-10-13-23(35-2)27-16-20)31-24(18)29-19-6-4-3-5-7-19/h3-13,15-16,22H,14H2,1-2H3,(H,32,33)(H2,28,29,30,31). The van der Waals surface area contributed by atoms with Crippen LogP contribution in [0.25, 0.3) is 0 Å². The van der Waals surface area contributed by atoms with Gasteiger partial charge in [0, 0.05) is 23.5 Å². The molecule has 178 valence electrons. The highest BCUT2D eigenvalue weighted by Crippen LogP contribution is 2.28. The van der Waals surface area contributed by atoms with E-state index in [0.717, 1.165) is 5.69 Å². The van der Waals surface area contributed by atoms with Crippen LogP contribution in [0.4, 0.5) is 23.1 Å². The quantitative estimate of drug-likeness (QED) is 0.300. The fourth-order valence-corrected chi connectivity index (χ4v) is 3.49. The molecule has 0 spiro atoms. The maximum Gasteiger partial charge on any atom is 0.311 e. The molecule has 0 saturated heterocycles. The van der Waals surface area contributed by atoms with Gasteiger partial charge in [0.1, 0.15) is 11.6 Å². The number of ether oxygens (including phenoxy) is 2. The van der Waals surface area contributed by atoms with Gasteiger partial charge in [0.15, 0.2) is 0 Å². The normalized spacial score (nSPS) is 11.4. The predicted octanol–water partition coefficient (Wildman–Crippen LogP) is 4.79. The number of aliphatic carboxylic acids is 1. The Morgan fingerprint density at radius 3 is 2.29 bits per heavy atom. The van der Waals surface area contributed by atoms with Crippen molar-refractivity contribution in [3.63, 3.8) is 0 Å². The number of hydrogen-bond donors (Lipinski definition) is 3. The topological polar surface area (TPSA) is 118 Å². The minimum atomic E-state index is -0.938. The molecule has 0 saturated carbocycles. The van der Waals surface area contributed by atoms with Gasteiger partial charge < -0.3 is 25.2 Å². The molecule has 9 heteroatoms. The molecule has 2 aromatic heterocycles. The smallest absolute Gasteiger partial charge is 0.311 e. The number of nitrogens with one attached hydrogen (secondary N) is 2. The van der Waals surface area contributed by atoms with E-state index in [1.165, 1.54) is 0 Å². The summed E-state index contributed by atoms with van der Waals surface area (Å²) < 4.78 is 10.3. The van der Waals surface area contributed by atoms with Gasteiger partial charge in [0.2, 0.25) is 11.8 Å². The second-order valence-electron chi connectivity index (χ2n) is 7.64. The Balaban J connectivity index is 1.64. The Labute approximate surface area is 202 Å². The molecule has 2 heterocycles. The largest absolute Gasteiger partial charge is 0.497 e. The molecular formula is C26H25N5O4. The molecule has 0 aliphatic rings. The second kappa shape index (κ2) is 11.0. The van der Waals surface area contributed by atoms with E-state index >= 15 is 0 Å². The molecule has 9 nitrogen and oxygen atoms in total. The van der Waals surface area contributed by atoms with Gasteiger partial charge in [-0.15, -0.1) is 0 Å². The zero-order chi connectivity index (χ0) is 24.6. The number of pyridine rings is 1. The Morgan fingerprint density at radius 1 is 0.886 bits per heavy atom. The SMILES string of the molecule is COc1ccc(C(Cc2cnc(Nc3ccc(OC)nc3)nc2Nc2ccccc2)C(=O)O)cc1. The lowest BCUT2D eigenvalue weighted by Gasteiger charge is -2.17. The van der Waals surface area contributed by atoms with Gasteiger partial charge in [-0.05, 0) is 42.3 Å². The molecular weight excluding hydrogens is 446 g/mol. The third-order valence-electron chi connectivity index (χ3n) is 5.34. The lowest BCUT2D eigenvalue weighted by molar-refractivity contribution is -0.138. The lowest BCUT2D eigenvalue weighted by Crippen LogP contribution is -2.16. The molecule has 0 fully saturated rings. The van der Waals surface area contributed by atoms with Gasteiger partial charge in [0.25, 0.3) is 0 Å². The molecule has 1 unspecified atom stereocenters. The minimum absolute atomic E-state index is 0.196. The summed E-state index contributed by atoms with van der Waals surface area (Å²) in [5.41, 5.74) is 2.83. The first-order valence-electron chi connectivity index (χ1n) is 10.9. The summed E-state index contributed by atoms with van der Waals surface area (Å²) in [6.07, 6.45) is 3.45. The van der Waals surface area contributed by atoms with Crippen molar-refractivity contribution < 1.29 is 19.4 Å². The summed E-state index contributed by atoms with van der Waals surface area (Å²) in [5.74, 6) is 0.288. The fraction of sp³-hybridized carbons (Fsp3) is 0.154. The Bertz CT molecular complexity index is 1270. The van der Waals surface area contributed by atoms with Crippen molar-refractivity contribution in [2.75, 3.05) is 24.9 Å². The number of nitrogens with zero attached hydrogens (tertiary/aromatic N) is 3. The molecule has 0 bridgehead atoms. The van der Waals surface area contributed by atoms with Crippen molar-refractivity contribution in [3.05, 3.63) is 90.3 Å². The zero-order valence-electron chi connectivity index (χ0n) is 19.3. The predicted molar refractivity (Wildman–Crippen MR) is 133 cm³/mol. The number of carbonyl (C=O) groups is 1. The number of hydrogen-bond acceptors (Lipinski definition) is 8. The molecule has 0 amide bonds. The van der Waals surface area contributed by atoms with Crippen LogP contribution >= 0.6 is 0 Å². The van der Waals surface area contributed by atoms with Gasteiger partial charge in [-0.2, -0.15) is 4.98 Å². The van der Waals surface area contributed by atoms with E-state index in [-0.39, 0.29) is 6.42 Å².